The molecule has 134 valence electrons. The molecule has 1 fully saturated rings. The van der Waals surface area contributed by atoms with Crippen LogP contribution >= 0.6 is 0 Å². The number of nitrogens with zero attached hydrogens (tertiary/aromatic N) is 3. The van der Waals surface area contributed by atoms with Crippen molar-refractivity contribution in [2.75, 3.05) is 38.7 Å². The van der Waals surface area contributed by atoms with Crippen LogP contribution in [0.15, 0.2) is 12.4 Å². The monoisotopic (exact) mass is 338 g/mol. The Bertz CT molecular complexity index is 555. The fraction of sp³-hybridized carbons (Fsp3) is 0.688. The van der Waals surface area contributed by atoms with Crippen LogP contribution in [0.5, 0.6) is 0 Å². The van der Waals surface area contributed by atoms with E-state index in [-0.39, 0.29) is 18.6 Å². The summed E-state index contributed by atoms with van der Waals surface area (Å²) in [5.41, 5.74) is 0.380. The average molecular weight is 338 g/mol. The lowest BCUT2D eigenvalue weighted by atomic mass is 9.96. The number of carbonyl (C=O) groups is 1. The van der Waals surface area contributed by atoms with Crippen molar-refractivity contribution in [2.45, 2.75) is 38.4 Å². The van der Waals surface area contributed by atoms with E-state index in [2.05, 4.69) is 15.3 Å². The molecule has 0 unspecified atom stereocenters. The van der Waals surface area contributed by atoms with E-state index in [1.807, 2.05) is 26.8 Å². The number of anilines is 1. The number of aliphatic hydroxyl groups is 1. The molecule has 1 aromatic heterocycles. The van der Waals surface area contributed by atoms with Gasteiger partial charge in [0.05, 0.1) is 18.4 Å². The summed E-state index contributed by atoms with van der Waals surface area (Å²) in [6.45, 7) is 7.32. The second-order valence-electron chi connectivity index (χ2n) is 6.90. The smallest absolute Gasteiger partial charge is 0.410 e. The van der Waals surface area contributed by atoms with E-state index < -0.39 is 11.7 Å². The Hall–Kier alpha value is -1.93. The van der Waals surface area contributed by atoms with E-state index in [0.717, 1.165) is 5.69 Å². The molecule has 0 saturated carbocycles. The molecule has 24 heavy (non-hydrogen) atoms. The highest BCUT2D eigenvalue weighted by Gasteiger charge is 2.35. The predicted molar refractivity (Wildman–Crippen MR) is 89.0 cm³/mol. The molecule has 0 bridgehead atoms. The number of methoxy groups -OCH3 is 1. The van der Waals surface area contributed by atoms with Gasteiger partial charge in [0.1, 0.15) is 17.7 Å². The number of rotatable bonds is 6. The molecular formula is C16H26N4O4. The van der Waals surface area contributed by atoms with Gasteiger partial charge in [-0.25, -0.2) is 14.8 Å². The molecule has 0 spiro atoms. The van der Waals surface area contributed by atoms with Crippen LogP contribution in [0.1, 0.15) is 32.4 Å². The largest absolute Gasteiger partial charge is 0.444 e. The molecule has 1 atom stereocenters. The summed E-state index contributed by atoms with van der Waals surface area (Å²) in [4.78, 5) is 22.0. The zero-order valence-corrected chi connectivity index (χ0v) is 14.7. The third kappa shape index (κ3) is 5.31. The van der Waals surface area contributed by atoms with Gasteiger partial charge >= 0.3 is 6.09 Å². The molecule has 1 aliphatic heterocycles. The standard InChI is InChI=1S/C16H26N4O4/c1-16(2,3)24-15(22)20-7-11(8-20)13-5-14(19-10-18-13)17-6-12(21)9-23-4/h5,10-12,21H,6-9H2,1-4H3,(H,17,18,19)/t12-/m1/s1. The second kappa shape index (κ2) is 7.76. The first-order chi connectivity index (χ1) is 11.3. The molecule has 1 aliphatic rings. The highest BCUT2D eigenvalue weighted by Crippen LogP contribution is 2.27. The topological polar surface area (TPSA) is 96.8 Å². The average Bonchev–Trinajstić information content (AvgIpc) is 2.42. The van der Waals surface area contributed by atoms with Gasteiger partial charge in [-0.2, -0.15) is 0 Å². The van der Waals surface area contributed by atoms with Crippen molar-refractivity contribution in [1.82, 2.24) is 14.9 Å². The molecule has 2 rings (SSSR count). The lowest BCUT2D eigenvalue weighted by molar-refractivity contribution is 0.00787. The van der Waals surface area contributed by atoms with Crippen molar-refractivity contribution < 1.29 is 19.4 Å². The third-order valence-electron chi connectivity index (χ3n) is 3.52. The van der Waals surface area contributed by atoms with E-state index in [9.17, 15) is 9.90 Å². The molecule has 2 N–H and O–H groups in total. The lowest BCUT2D eigenvalue weighted by Gasteiger charge is -2.39. The molecule has 0 radical (unpaired) electrons. The van der Waals surface area contributed by atoms with Crippen molar-refractivity contribution in [3.63, 3.8) is 0 Å². The summed E-state index contributed by atoms with van der Waals surface area (Å²) in [6, 6.07) is 1.84. The van der Waals surface area contributed by atoms with E-state index >= 15 is 0 Å². The number of aromatic nitrogens is 2. The van der Waals surface area contributed by atoms with Crippen LogP contribution in [0, 0.1) is 0 Å². The van der Waals surface area contributed by atoms with Gasteiger partial charge < -0.3 is 24.8 Å². The maximum absolute atomic E-state index is 11.9. The van der Waals surface area contributed by atoms with Crippen molar-refractivity contribution in [3.05, 3.63) is 18.1 Å². The number of carbonyl (C=O) groups excluding carboxylic acids is 1. The molecular weight excluding hydrogens is 312 g/mol. The van der Waals surface area contributed by atoms with Crippen molar-refractivity contribution in [3.8, 4) is 0 Å². The number of nitrogens with one attached hydrogen (secondary N) is 1. The van der Waals surface area contributed by atoms with E-state index in [4.69, 9.17) is 9.47 Å². The number of hydrogen-bond acceptors (Lipinski definition) is 7. The molecule has 1 saturated heterocycles. The maximum atomic E-state index is 11.9. The first-order valence-corrected chi connectivity index (χ1v) is 7.99. The number of likely N-dealkylation sites (tertiary alicyclic amines) is 1. The van der Waals surface area contributed by atoms with Crippen LogP contribution in [0.3, 0.4) is 0 Å². The highest BCUT2D eigenvalue weighted by atomic mass is 16.6. The molecule has 0 aliphatic carbocycles. The van der Waals surface area contributed by atoms with Crippen LogP contribution < -0.4 is 5.32 Å². The molecule has 0 aromatic carbocycles. The fourth-order valence-electron chi connectivity index (χ4n) is 2.31. The van der Waals surface area contributed by atoms with Gasteiger partial charge in [-0.15, -0.1) is 0 Å². The van der Waals surface area contributed by atoms with Crippen molar-refractivity contribution >= 4 is 11.9 Å². The van der Waals surface area contributed by atoms with Gasteiger partial charge in [0.25, 0.3) is 0 Å². The zero-order chi connectivity index (χ0) is 17.7. The van der Waals surface area contributed by atoms with Crippen LogP contribution in [0.4, 0.5) is 10.6 Å². The minimum Gasteiger partial charge on any atom is -0.444 e. The zero-order valence-electron chi connectivity index (χ0n) is 14.7. The number of ether oxygens (including phenoxy) is 2. The van der Waals surface area contributed by atoms with Crippen molar-refractivity contribution in [2.24, 2.45) is 0 Å². The Morgan fingerprint density at radius 1 is 1.46 bits per heavy atom. The summed E-state index contributed by atoms with van der Waals surface area (Å²) in [5.74, 6) is 0.816. The molecule has 2 heterocycles. The summed E-state index contributed by atoms with van der Waals surface area (Å²) >= 11 is 0. The van der Waals surface area contributed by atoms with Crippen LogP contribution in [0.25, 0.3) is 0 Å². The SMILES string of the molecule is COC[C@H](O)CNc1cc(C2CN(C(=O)OC(C)(C)C)C2)ncn1. The maximum Gasteiger partial charge on any atom is 0.410 e. The Morgan fingerprint density at radius 3 is 2.79 bits per heavy atom. The van der Waals surface area contributed by atoms with Crippen LogP contribution in [0.2, 0.25) is 0 Å². The molecule has 1 amide bonds. The van der Waals surface area contributed by atoms with Gasteiger partial charge in [-0.05, 0) is 20.8 Å². The summed E-state index contributed by atoms with van der Waals surface area (Å²) in [5, 5.41) is 12.7. The van der Waals surface area contributed by atoms with E-state index in [1.54, 1.807) is 12.0 Å². The summed E-state index contributed by atoms with van der Waals surface area (Å²) in [6.07, 6.45) is 0.588. The van der Waals surface area contributed by atoms with Crippen molar-refractivity contribution in [1.29, 1.82) is 0 Å². The predicted octanol–water partition coefficient (Wildman–Crippen LogP) is 1.23. The third-order valence-corrected chi connectivity index (χ3v) is 3.52. The number of aliphatic hydroxyl groups excluding tert-OH is 1. The first kappa shape index (κ1) is 18.4. The lowest BCUT2D eigenvalue weighted by Crippen LogP contribution is -2.50. The summed E-state index contributed by atoms with van der Waals surface area (Å²) in [7, 11) is 1.54. The Kier molecular flexibility index (Phi) is 5.95. The summed E-state index contributed by atoms with van der Waals surface area (Å²) < 4.78 is 10.2. The minimum absolute atomic E-state index is 0.171. The normalized spacial score (nSPS) is 16.5. The van der Waals surface area contributed by atoms with Crippen LogP contribution in [-0.4, -0.2) is 71.1 Å². The Labute approximate surface area is 142 Å². The number of hydrogen-bond donors (Lipinski definition) is 2. The second-order valence-corrected chi connectivity index (χ2v) is 6.90. The Morgan fingerprint density at radius 2 is 2.17 bits per heavy atom. The molecule has 8 nitrogen and oxygen atoms in total. The van der Waals surface area contributed by atoms with Gasteiger partial charge in [0.2, 0.25) is 0 Å². The number of amides is 1. The van der Waals surface area contributed by atoms with Gasteiger partial charge in [-0.1, -0.05) is 0 Å². The molecule has 8 heteroatoms. The van der Waals surface area contributed by atoms with Gasteiger partial charge in [0.15, 0.2) is 0 Å². The van der Waals surface area contributed by atoms with Gasteiger partial charge in [0, 0.05) is 38.7 Å². The highest BCUT2D eigenvalue weighted by molar-refractivity contribution is 5.69. The van der Waals surface area contributed by atoms with E-state index in [0.29, 0.717) is 25.5 Å². The van der Waals surface area contributed by atoms with E-state index in [1.165, 1.54) is 6.33 Å². The molecule has 1 aromatic rings. The van der Waals surface area contributed by atoms with Crippen LogP contribution in [-0.2, 0) is 9.47 Å². The van der Waals surface area contributed by atoms with Gasteiger partial charge in [-0.3, -0.25) is 0 Å². The minimum atomic E-state index is -0.597. The Balaban J connectivity index is 1.84. The first-order valence-electron chi connectivity index (χ1n) is 7.99. The quantitative estimate of drug-likeness (QED) is 0.805. The fourth-order valence-corrected chi connectivity index (χ4v) is 2.31.